The number of benzene rings is 3. The van der Waals surface area contributed by atoms with Gasteiger partial charge >= 0.3 is 0 Å². The Morgan fingerprint density at radius 3 is 1.91 bits per heavy atom. The second-order valence-corrected chi connectivity index (χ2v) is 5.59. The highest BCUT2D eigenvalue weighted by molar-refractivity contribution is 5.28. The van der Waals surface area contributed by atoms with Crippen molar-refractivity contribution in [1.29, 1.82) is 0 Å². The summed E-state index contributed by atoms with van der Waals surface area (Å²) < 4.78 is 14.0. The topological polar surface area (TPSA) is 0 Å². The molecule has 3 rings (SSSR count). The van der Waals surface area contributed by atoms with Gasteiger partial charge in [-0.25, -0.2) is 4.39 Å². The van der Waals surface area contributed by atoms with E-state index in [1.54, 1.807) is 12.1 Å². The predicted molar refractivity (Wildman–Crippen MR) is 89.4 cm³/mol. The van der Waals surface area contributed by atoms with Gasteiger partial charge in [0, 0.05) is 0 Å². The summed E-state index contributed by atoms with van der Waals surface area (Å²) in [5.74, 6) is 0.164. The van der Waals surface area contributed by atoms with Crippen LogP contribution >= 0.6 is 0 Å². The van der Waals surface area contributed by atoms with Crippen LogP contribution in [0.1, 0.15) is 22.6 Å². The van der Waals surface area contributed by atoms with Crippen LogP contribution in [0.15, 0.2) is 84.9 Å². The van der Waals surface area contributed by atoms with Crippen molar-refractivity contribution in [2.45, 2.75) is 18.8 Å². The molecule has 0 saturated heterocycles. The van der Waals surface area contributed by atoms with Gasteiger partial charge in [0.15, 0.2) is 0 Å². The van der Waals surface area contributed by atoms with Gasteiger partial charge in [0.05, 0.1) is 0 Å². The maximum absolute atomic E-state index is 14.0. The second kappa shape index (κ2) is 7.04. The number of rotatable bonds is 5. The van der Waals surface area contributed by atoms with Crippen LogP contribution in [0, 0.1) is 5.82 Å². The molecule has 0 amide bonds. The third-order valence-electron chi connectivity index (χ3n) is 4.02. The zero-order valence-electron chi connectivity index (χ0n) is 12.5. The molecule has 0 aliphatic rings. The van der Waals surface area contributed by atoms with Gasteiger partial charge in [-0.1, -0.05) is 78.9 Å². The van der Waals surface area contributed by atoms with E-state index in [1.165, 1.54) is 11.1 Å². The van der Waals surface area contributed by atoms with E-state index in [-0.39, 0.29) is 11.7 Å². The molecule has 0 N–H and O–H groups in total. The van der Waals surface area contributed by atoms with Crippen molar-refractivity contribution in [1.82, 2.24) is 0 Å². The minimum Gasteiger partial charge on any atom is -0.207 e. The third kappa shape index (κ3) is 3.62. The molecule has 0 nitrogen and oxygen atoms in total. The summed E-state index contributed by atoms with van der Waals surface area (Å²) in [7, 11) is 0. The van der Waals surface area contributed by atoms with Crippen molar-refractivity contribution in [2.24, 2.45) is 0 Å². The van der Waals surface area contributed by atoms with Crippen LogP contribution in [0.25, 0.3) is 0 Å². The molecule has 0 aliphatic heterocycles. The van der Waals surface area contributed by atoms with Gasteiger partial charge in [0.25, 0.3) is 0 Å². The van der Waals surface area contributed by atoms with Gasteiger partial charge in [-0.15, -0.1) is 0 Å². The standard InChI is InChI=1S/C21H19F/c22-21-14-8-7-13-19(21)16-20(18-11-5-2-6-12-18)15-17-9-3-1-4-10-17/h1-14,20H,15-16H2/t20-/m1/s1. The largest absolute Gasteiger partial charge is 0.207 e. The summed E-state index contributed by atoms with van der Waals surface area (Å²) >= 11 is 0. The van der Waals surface area contributed by atoms with E-state index in [1.807, 2.05) is 24.3 Å². The van der Waals surface area contributed by atoms with E-state index in [9.17, 15) is 4.39 Å². The molecule has 3 aromatic carbocycles. The molecule has 0 spiro atoms. The smallest absolute Gasteiger partial charge is 0.126 e. The van der Waals surface area contributed by atoms with Gasteiger partial charge in [-0.3, -0.25) is 0 Å². The Kier molecular flexibility index (Phi) is 4.65. The summed E-state index contributed by atoms with van der Waals surface area (Å²) in [5, 5.41) is 0. The van der Waals surface area contributed by atoms with E-state index < -0.39 is 0 Å². The van der Waals surface area contributed by atoms with Crippen LogP contribution in [0.5, 0.6) is 0 Å². The first-order chi connectivity index (χ1) is 10.8. The molecule has 0 unspecified atom stereocenters. The summed E-state index contributed by atoms with van der Waals surface area (Å²) in [6.45, 7) is 0. The van der Waals surface area contributed by atoms with Gasteiger partial charge in [-0.05, 0) is 41.5 Å². The van der Waals surface area contributed by atoms with Gasteiger partial charge in [-0.2, -0.15) is 0 Å². The van der Waals surface area contributed by atoms with E-state index in [2.05, 4.69) is 48.5 Å². The quantitative estimate of drug-likeness (QED) is 0.590. The minimum absolute atomic E-state index is 0.114. The van der Waals surface area contributed by atoms with Crippen LogP contribution in [-0.4, -0.2) is 0 Å². The van der Waals surface area contributed by atoms with Crippen LogP contribution in [-0.2, 0) is 12.8 Å². The Morgan fingerprint density at radius 1 is 0.636 bits per heavy atom. The van der Waals surface area contributed by atoms with Crippen LogP contribution in [0.4, 0.5) is 4.39 Å². The van der Waals surface area contributed by atoms with Crippen molar-refractivity contribution in [3.63, 3.8) is 0 Å². The predicted octanol–water partition coefficient (Wildman–Crippen LogP) is 5.39. The fraction of sp³-hybridized carbons (Fsp3) is 0.143. The lowest BCUT2D eigenvalue weighted by Crippen LogP contribution is -2.08. The Bertz CT molecular complexity index is 704. The number of halogens is 1. The fourth-order valence-corrected chi connectivity index (χ4v) is 2.86. The molecular formula is C21H19F. The number of hydrogen-bond acceptors (Lipinski definition) is 0. The Hall–Kier alpha value is -2.41. The Labute approximate surface area is 131 Å². The average Bonchev–Trinajstić information content (AvgIpc) is 2.58. The van der Waals surface area contributed by atoms with Gasteiger partial charge in [0.1, 0.15) is 5.82 Å². The lowest BCUT2D eigenvalue weighted by Gasteiger charge is -2.18. The maximum Gasteiger partial charge on any atom is 0.126 e. The highest BCUT2D eigenvalue weighted by Crippen LogP contribution is 2.26. The molecule has 0 aromatic heterocycles. The lowest BCUT2D eigenvalue weighted by atomic mass is 9.86. The summed E-state index contributed by atoms with van der Waals surface area (Å²) in [4.78, 5) is 0. The highest BCUT2D eigenvalue weighted by atomic mass is 19.1. The molecule has 0 aliphatic carbocycles. The normalized spacial score (nSPS) is 12.0. The monoisotopic (exact) mass is 290 g/mol. The summed E-state index contributed by atoms with van der Waals surface area (Å²) in [5.41, 5.74) is 3.33. The Balaban J connectivity index is 1.88. The third-order valence-corrected chi connectivity index (χ3v) is 4.02. The lowest BCUT2D eigenvalue weighted by molar-refractivity contribution is 0.587. The molecule has 0 bridgehead atoms. The highest BCUT2D eigenvalue weighted by Gasteiger charge is 2.15. The van der Waals surface area contributed by atoms with Crippen molar-refractivity contribution in [3.8, 4) is 0 Å². The molecule has 1 heteroatoms. The molecule has 1 atom stereocenters. The second-order valence-electron chi connectivity index (χ2n) is 5.59. The molecule has 3 aromatic rings. The molecule has 0 heterocycles. The molecule has 0 radical (unpaired) electrons. The fourth-order valence-electron chi connectivity index (χ4n) is 2.86. The summed E-state index contributed by atoms with van der Waals surface area (Å²) in [6, 6.07) is 27.9. The molecule has 0 fully saturated rings. The van der Waals surface area contributed by atoms with Crippen molar-refractivity contribution < 1.29 is 4.39 Å². The van der Waals surface area contributed by atoms with Crippen LogP contribution in [0.3, 0.4) is 0 Å². The van der Waals surface area contributed by atoms with Crippen molar-refractivity contribution >= 4 is 0 Å². The zero-order chi connectivity index (χ0) is 15.2. The van der Waals surface area contributed by atoms with Gasteiger partial charge < -0.3 is 0 Å². The minimum atomic E-state index is -0.114. The first-order valence-corrected chi connectivity index (χ1v) is 7.65. The Morgan fingerprint density at radius 2 is 1.23 bits per heavy atom. The SMILES string of the molecule is Fc1ccccc1C[C@@H](Cc1ccccc1)c1ccccc1. The first kappa shape index (κ1) is 14.5. The first-order valence-electron chi connectivity index (χ1n) is 7.65. The number of hydrogen-bond donors (Lipinski definition) is 0. The zero-order valence-corrected chi connectivity index (χ0v) is 12.5. The van der Waals surface area contributed by atoms with Crippen molar-refractivity contribution in [3.05, 3.63) is 107 Å². The van der Waals surface area contributed by atoms with E-state index in [4.69, 9.17) is 0 Å². The molecular weight excluding hydrogens is 271 g/mol. The van der Waals surface area contributed by atoms with Crippen molar-refractivity contribution in [2.75, 3.05) is 0 Å². The molecule has 110 valence electrons. The summed E-state index contributed by atoms with van der Waals surface area (Å²) in [6.07, 6.45) is 1.63. The van der Waals surface area contributed by atoms with Crippen LogP contribution < -0.4 is 0 Å². The maximum atomic E-state index is 14.0. The molecule has 0 saturated carbocycles. The van der Waals surface area contributed by atoms with E-state index >= 15 is 0 Å². The van der Waals surface area contributed by atoms with E-state index in [0.717, 1.165) is 12.0 Å². The van der Waals surface area contributed by atoms with Gasteiger partial charge in [0.2, 0.25) is 0 Å². The molecule has 22 heavy (non-hydrogen) atoms. The van der Waals surface area contributed by atoms with E-state index in [0.29, 0.717) is 6.42 Å². The van der Waals surface area contributed by atoms with Crippen LogP contribution in [0.2, 0.25) is 0 Å². The average molecular weight is 290 g/mol.